The molecule has 8 nitrogen and oxygen atoms in total. The third-order valence-corrected chi connectivity index (χ3v) is 8.00. The first-order valence-electron chi connectivity index (χ1n) is 13.7. The molecule has 3 aromatic heterocycles. The average Bonchev–Trinajstić information content (AvgIpc) is 3.58. The zero-order chi connectivity index (χ0) is 28.0. The molecule has 0 aliphatic heterocycles. The normalized spacial score (nSPS) is 11.7. The second-order valence-electron chi connectivity index (χ2n) is 10.9. The lowest BCUT2D eigenvalue weighted by Crippen LogP contribution is -2.22. The molecule has 206 valence electrons. The summed E-state index contributed by atoms with van der Waals surface area (Å²) in [5, 5.41) is 11.9. The van der Waals surface area contributed by atoms with E-state index in [1.54, 1.807) is 12.4 Å². The van der Waals surface area contributed by atoms with Gasteiger partial charge in [-0.1, -0.05) is 59.6 Å². The van der Waals surface area contributed by atoms with E-state index in [1.807, 2.05) is 37.5 Å². The summed E-state index contributed by atoms with van der Waals surface area (Å²) in [6, 6.07) is 8.48. The van der Waals surface area contributed by atoms with Crippen LogP contribution in [0.5, 0.6) is 0 Å². The van der Waals surface area contributed by atoms with E-state index in [0.717, 1.165) is 58.8 Å². The van der Waals surface area contributed by atoms with Crippen molar-refractivity contribution in [2.24, 2.45) is 0 Å². The van der Waals surface area contributed by atoms with Crippen molar-refractivity contribution in [2.45, 2.75) is 85.2 Å². The second kappa shape index (κ2) is 12.5. The van der Waals surface area contributed by atoms with Crippen LogP contribution < -0.4 is 10.6 Å². The highest BCUT2D eigenvalue weighted by Crippen LogP contribution is 2.27. The van der Waals surface area contributed by atoms with E-state index < -0.39 is 0 Å². The van der Waals surface area contributed by atoms with Gasteiger partial charge in [0.15, 0.2) is 0 Å². The summed E-state index contributed by atoms with van der Waals surface area (Å²) in [5.41, 5.74) is 4.77. The molecule has 3 heterocycles. The number of aromatic nitrogens is 5. The van der Waals surface area contributed by atoms with E-state index in [2.05, 4.69) is 71.1 Å². The molecule has 0 saturated heterocycles. The van der Waals surface area contributed by atoms with E-state index in [0.29, 0.717) is 23.4 Å². The quantitative estimate of drug-likeness (QED) is 0.207. The van der Waals surface area contributed by atoms with Crippen LogP contribution in [0, 0.1) is 6.92 Å². The van der Waals surface area contributed by atoms with Crippen LogP contribution in [-0.4, -0.2) is 30.6 Å². The van der Waals surface area contributed by atoms with Gasteiger partial charge in [-0.2, -0.15) is 5.10 Å². The zero-order valence-electron chi connectivity index (χ0n) is 23.8. The van der Waals surface area contributed by atoms with E-state index in [9.17, 15) is 4.79 Å². The van der Waals surface area contributed by atoms with Gasteiger partial charge in [-0.25, -0.2) is 15.0 Å². The number of hydrogen-bond acceptors (Lipinski definition) is 7. The molecule has 39 heavy (non-hydrogen) atoms. The number of carbonyl (C=O) groups is 1. The van der Waals surface area contributed by atoms with Crippen LogP contribution in [0.1, 0.15) is 92.2 Å². The molecular formula is C30H39N7OS. The molecule has 4 aromatic rings. The third-order valence-electron chi connectivity index (χ3n) is 6.58. The van der Waals surface area contributed by atoms with Gasteiger partial charge in [-0.15, -0.1) is 11.3 Å². The summed E-state index contributed by atoms with van der Waals surface area (Å²) in [6.07, 6.45) is 11.8. The Morgan fingerprint density at radius 2 is 1.85 bits per heavy atom. The molecule has 0 aliphatic carbocycles. The Morgan fingerprint density at radius 1 is 1.08 bits per heavy atom. The first-order chi connectivity index (χ1) is 18.7. The molecule has 0 spiro atoms. The molecule has 0 unspecified atom stereocenters. The van der Waals surface area contributed by atoms with Crippen LogP contribution in [0.25, 0.3) is 11.3 Å². The molecule has 0 atom stereocenters. The third kappa shape index (κ3) is 7.29. The number of thiazole rings is 1. The van der Waals surface area contributed by atoms with Crippen molar-refractivity contribution >= 4 is 28.9 Å². The van der Waals surface area contributed by atoms with Crippen molar-refractivity contribution in [1.82, 2.24) is 30.0 Å². The first-order valence-corrected chi connectivity index (χ1v) is 14.5. The standard InChI is InChI=1S/C30H39N7OS/c1-7-9-24(10-8-2)37-19-23(17-34-37)35-29-31-14-13-25(36-29)21-11-12-22(20(3)15-21)16-32-27(38)26-18-33-28(39-26)30(4,5)6/h11-15,17-19,24H,7-10,16H2,1-6H3,(H,32,38)(H,31,35,36). The van der Waals surface area contributed by atoms with Gasteiger partial charge in [0.1, 0.15) is 4.88 Å². The maximum atomic E-state index is 12.7. The molecule has 1 amide bonds. The van der Waals surface area contributed by atoms with Gasteiger partial charge in [-0.3, -0.25) is 9.48 Å². The van der Waals surface area contributed by atoms with Gasteiger partial charge in [0.25, 0.3) is 5.91 Å². The Hall–Kier alpha value is -3.59. The van der Waals surface area contributed by atoms with E-state index in [-0.39, 0.29) is 11.3 Å². The summed E-state index contributed by atoms with van der Waals surface area (Å²) in [6.45, 7) is 13.2. The molecule has 0 fully saturated rings. The minimum Gasteiger partial charge on any atom is -0.347 e. The molecule has 4 rings (SSSR count). The lowest BCUT2D eigenvalue weighted by Gasteiger charge is -2.15. The zero-order valence-corrected chi connectivity index (χ0v) is 24.6. The number of nitrogens with zero attached hydrogens (tertiary/aromatic N) is 5. The van der Waals surface area contributed by atoms with Gasteiger partial charge in [0.05, 0.1) is 34.8 Å². The highest BCUT2D eigenvalue weighted by molar-refractivity contribution is 7.13. The van der Waals surface area contributed by atoms with Crippen molar-refractivity contribution in [3.63, 3.8) is 0 Å². The largest absolute Gasteiger partial charge is 0.347 e. The summed E-state index contributed by atoms with van der Waals surface area (Å²) in [5.74, 6) is 0.430. The van der Waals surface area contributed by atoms with E-state index in [1.165, 1.54) is 11.3 Å². The maximum absolute atomic E-state index is 12.7. The fourth-order valence-corrected chi connectivity index (χ4v) is 5.32. The molecular weight excluding hydrogens is 506 g/mol. The van der Waals surface area contributed by atoms with Gasteiger partial charge >= 0.3 is 0 Å². The number of aryl methyl sites for hydroxylation is 1. The Labute approximate surface area is 235 Å². The van der Waals surface area contributed by atoms with Crippen molar-refractivity contribution in [3.05, 3.63) is 70.1 Å². The molecule has 2 N–H and O–H groups in total. The van der Waals surface area contributed by atoms with Crippen LogP contribution in [-0.2, 0) is 12.0 Å². The Morgan fingerprint density at radius 3 is 2.51 bits per heavy atom. The van der Waals surface area contributed by atoms with Gasteiger partial charge in [0.2, 0.25) is 5.95 Å². The number of benzene rings is 1. The Kier molecular flexibility index (Phi) is 9.12. The molecule has 0 radical (unpaired) electrons. The van der Waals surface area contributed by atoms with Crippen molar-refractivity contribution in [1.29, 1.82) is 0 Å². The fourth-order valence-electron chi connectivity index (χ4n) is 4.43. The number of hydrogen-bond donors (Lipinski definition) is 2. The van der Waals surface area contributed by atoms with Crippen LogP contribution in [0.4, 0.5) is 11.6 Å². The Bertz CT molecular complexity index is 1400. The summed E-state index contributed by atoms with van der Waals surface area (Å²) in [7, 11) is 0. The van der Waals surface area contributed by atoms with E-state index >= 15 is 0 Å². The predicted molar refractivity (Wildman–Crippen MR) is 159 cm³/mol. The summed E-state index contributed by atoms with van der Waals surface area (Å²) in [4.78, 5) is 26.9. The van der Waals surface area contributed by atoms with E-state index in [4.69, 9.17) is 4.98 Å². The van der Waals surface area contributed by atoms with Gasteiger partial charge in [0, 0.05) is 29.9 Å². The number of carbonyl (C=O) groups excluding carboxylic acids is 1. The van der Waals surface area contributed by atoms with Gasteiger partial charge in [-0.05, 0) is 43.0 Å². The Balaban J connectivity index is 1.41. The fraction of sp³-hybridized carbons (Fsp3) is 0.433. The summed E-state index contributed by atoms with van der Waals surface area (Å²) < 4.78 is 2.05. The highest BCUT2D eigenvalue weighted by atomic mass is 32.1. The van der Waals surface area contributed by atoms with Crippen LogP contribution in [0.3, 0.4) is 0 Å². The lowest BCUT2D eigenvalue weighted by molar-refractivity contribution is 0.0954. The monoisotopic (exact) mass is 545 g/mol. The first kappa shape index (κ1) is 28.4. The second-order valence-corrected chi connectivity index (χ2v) is 12.0. The maximum Gasteiger partial charge on any atom is 0.263 e. The number of anilines is 2. The minimum atomic E-state index is -0.1000. The number of nitrogens with one attached hydrogen (secondary N) is 2. The SMILES string of the molecule is CCCC(CCC)n1cc(Nc2nccc(-c3ccc(CNC(=O)c4cnc(C(C)(C)C)s4)c(C)c3)n2)cn1. The van der Waals surface area contributed by atoms with Crippen molar-refractivity contribution in [3.8, 4) is 11.3 Å². The molecule has 0 aliphatic rings. The molecule has 9 heteroatoms. The van der Waals surface area contributed by atoms with Gasteiger partial charge < -0.3 is 10.6 Å². The average molecular weight is 546 g/mol. The van der Waals surface area contributed by atoms with Crippen molar-refractivity contribution < 1.29 is 4.79 Å². The number of rotatable bonds is 11. The molecule has 1 aromatic carbocycles. The molecule has 0 bridgehead atoms. The molecule has 0 saturated carbocycles. The minimum absolute atomic E-state index is 0.0691. The van der Waals surface area contributed by atoms with Crippen LogP contribution in [0.15, 0.2) is 49.1 Å². The highest BCUT2D eigenvalue weighted by Gasteiger charge is 2.20. The predicted octanol–water partition coefficient (Wildman–Crippen LogP) is 7.22. The number of amides is 1. The van der Waals surface area contributed by atoms with Crippen LogP contribution in [0.2, 0.25) is 0 Å². The smallest absolute Gasteiger partial charge is 0.263 e. The topological polar surface area (TPSA) is 97.6 Å². The van der Waals surface area contributed by atoms with Crippen molar-refractivity contribution in [2.75, 3.05) is 5.32 Å². The van der Waals surface area contributed by atoms with Crippen LogP contribution >= 0.6 is 11.3 Å². The lowest BCUT2D eigenvalue weighted by atomic mass is 9.98. The summed E-state index contributed by atoms with van der Waals surface area (Å²) >= 11 is 1.45.